The smallest absolute Gasteiger partial charge is 0.0606 e. The average molecular weight is 461 g/mol. The Bertz CT molecular complexity index is 1070. The van der Waals surface area contributed by atoms with Gasteiger partial charge in [0.25, 0.3) is 0 Å². The maximum atomic E-state index is 6.14. The molecule has 1 heterocycles. The lowest BCUT2D eigenvalue weighted by Crippen LogP contribution is -2.47. The molecule has 3 N–H and O–H groups in total. The summed E-state index contributed by atoms with van der Waals surface area (Å²) in [5.41, 5.74) is 7.30. The van der Waals surface area contributed by atoms with E-state index < -0.39 is 0 Å². The van der Waals surface area contributed by atoms with Crippen molar-refractivity contribution in [3.8, 4) is 11.8 Å². The minimum Gasteiger partial charge on any atom is -0.290 e. The van der Waals surface area contributed by atoms with Gasteiger partial charge >= 0.3 is 0 Å². The van der Waals surface area contributed by atoms with Gasteiger partial charge in [-0.3, -0.25) is 9.80 Å². The molecule has 0 aliphatic carbocycles. The number of halogens is 1. The van der Waals surface area contributed by atoms with Crippen molar-refractivity contribution in [2.24, 2.45) is 5.90 Å². The minimum atomic E-state index is 0.227. The molecule has 0 saturated carbocycles. The number of nitrogens with one attached hydrogen (secondary N) is 1. The number of nitrogens with two attached hydrogens (primary N) is 1. The monoisotopic (exact) mass is 460 g/mol. The molecule has 1 aliphatic rings. The summed E-state index contributed by atoms with van der Waals surface area (Å²) in [5, 5.41) is 0.767. The molecule has 170 valence electrons. The van der Waals surface area contributed by atoms with Crippen LogP contribution < -0.4 is 11.4 Å². The summed E-state index contributed by atoms with van der Waals surface area (Å²) in [6.45, 7) is 5.27. The van der Waals surface area contributed by atoms with Crippen LogP contribution in [0.4, 0.5) is 0 Å². The number of hydrogen-bond acceptors (Lipinski definition) is 5. The average Bonchev–Trinajstić information content (AvgIpc) is 2.86. The van der Waals surface area contributed by atoms with Crippen LogP contribution in [0, 0.1) is 11.8 Å². The molecule has 0 unspecified atom stereocenters. The lowest BCUT2D eigenvalue weighted by atomic mass is 9.96. The van der Waals surface area contributed by atoms with Crippen LogP contribution in [-0.2, 0) is 11.5 Å². The fraction of sp³-hybridized carbons (Fsp3) is 0.259. The van der Waals surface area contributed by atoms with Crippen molar-refractivity contribution in [3.05, 3.63) is 106 Å². The molecule has 4 rings (SSSR count). The van der Waals surface area contributed by atoms with E-state index in [1.54, 1.807) is 0 Å². The van der Waals surface area contributed by atoms with Gasteiger partial charge in [-0.15, -0.1) is 0 Å². The van der Waals surface area contributed by atoms with Crippen molar-refractivity contribution in [2.75, 3.05) is 32.7 Å². The van der Waals surface area contributed by atoms with Gasteiger partial charge in [0.2, 0.25) is 0 Å². The highest BCUT2D eigenvalue weighted by atomic mass is 35.5. The normalized spacial score (nSPS) is 15.6. The third kappa shape index (κ3) is 6.66. The SMILES string of the molecule is NONCc1cccc(C#CCN2CCN([C@H](c3ccccc3)c3ccc(Cl)cc3)CC2)c1. The van der Waals surface area contributed by atoms with Crippen molar-refractivity contribution in [2.45, 2.75) is 12.6 Å². The highest BCUT2D eigenvalue weighted by Gasteiger charge is 2.26. The fourth-order valence-electron chi connectivity index (χ4n) is 4.21. The van der Waals surface area contributed by atoms with Gasteiger partial charge in [-0.25, -0.2) is 4.94 Å². The number of piperazine rings is 1. The van der Waals surface area contributed by atoms with Crippen LogP contribution in [0.25, 0.3) is 0 Å². The van der Waals surface area contributed by atoms with Gasteiger partial charge in [-0.2, -0.15) is 11.4 Å². The molecule has 33 heavy (non-hydrogen) atoms. The summed E-state index contributed by atoms with van der Waals surface area (Å²) in [7, 11) is 0. The van der Waals surface area contributed by atoms with Gasteiger partial charge in [0.1, 0.15) is 0 Å². The molecule has 0 aromatic heterocycles. The third-order valence-corrected chi connectivity index (χ3v) is 6.15. The number of hydrogen-bond donors (Lipinski definition) is 2. The molecule has 0 radical (unpaired) electrons. The van der Waals surface area contributed by atoms with Gasteiger partial charge in [0.15, 0.2) is 0 Å². The zero-order valence-corrected chi connectivity index (χ0v) is 19.3. The maximum Gasteiger partial charge on any atom is 0.0606 e. The lowest BCUT2D eigenvalue weighted by Gasteiger charge is -2.39. The highest BCUT2D eigenvalue weighted by molar-refractivity contribution is 6.30. The molecule has 1 aliphatic heterocycles. The Hall–Kier alpha value is -2.69. The van der Waals surface area contributed by atoms with Gasteiger partial charge < -0.3 is 0 Å². The van der Waals surface area contributed by atoms with Gasteiger partial charge in [-0.1, -0.05) is 78.0 Å². The van der Waals surface area contributed by atoms with Crippen molar-refractivity contribution in [3.63, 3.8) is 0 Å². The van der Waals surface area contributed by atoms with Crippen LogP contribution in [0.5, 0.6) is 0 Å². The van der Waals surface area contributed by atoms with Crippen molar-refractivity contribution < 1.29 is 4.94 Å². The first-order valence-electron chi connectivity index (χ1n) is 11.2. The molecule has 0 amide bonds. The van der Waals surface area contributed by atoms with Crippen LogP contribution >= 0.6 is 11.6 Å². The Morgan fingerprint density at radius 1 is 0.909 bits per heavy atom. The van der Waals surface area contributed by atoms with Crippen molar-refractivity contribution in [1.82, 2.24) is 15.3 Å². The van der Waals surface area contributed by atoms with E-state index in [4.69, 9.17) is 17.5 Å². The third-order valence-electron chi connectivity index (χ3n) is 5.90. The first-order chi connectivity index (χ1) is 16.2. The molecule has 0 spiro atoms. The Morgan fingerprint density at radius 3 is 2.36 bits per heavy atom. The second-order valence-electron chi connectivity index (χ2n) is 8.12. The van der Waals surface area contributed by atoms with E-state index >= 15 is 0 Å². The van der Waals surface area contributed by atoms with E-state index in [9.17, 15) is 0 Å². The maximum absolute atomic E-state index is 6.14. The van der Waals surface area contributed by atoms with Crippen molar-refractivity contribution >= 4 is 11.6 Å². The number of benzene rings is 3. The van der Waals surface area contributed by atoms with E-state index in [1.807, 2.05) is 36.4 Å². The zero-order chi connectivity index (χ0) is 22.9. The molecule has 0 bridgehead atoms. The molecule has 5 nitrogen and oxygen atoms in total. The molecule has 3 aromatic carbocycles. The molecule has 1 saturated heterocycles. The molecular weight excluding hydrogens is 432 g/mol. The number of rotatable bonds is 7. The fourth-order valence-corrected chi connectivity index (χ4v) is 4.34. The Morgan fingerprint density at radius 2 is 1.64 bits per heavy atom. The summed E-state index contributed by atoms with van der Waals surface area (Å²) in [5.74, 6) is 11.6. The predicted octanol–water partition coefficient (Wildman–Crippen LogP) is 3.99. The second-order valence-corrected chi connectivity index (χ2v) is 8.55. The summed E-state index contributed by atoms with van der Waals surface area (Å²) in [6.07, 6.45) is 0. The Balaban J connectivity index is 1.37. The molecular formula is C27H29ClN4O. The van der Waals surface area contributed by atoms with Gasteiger partial charge in [-0.05, 0) is 41.0 Å². The van der Waals surface area contributed by atoms with Crippen molar-refractivity contribution in [1.29, 1.82) is 0 Å². The Labute approximate surface area is 201 Å². The minimum absolute atomic E-state index is 0.227. The molecule has 3 aromatic rings. The highest BCUT2D eigenvalue weighted by Crippen LogP contribution is 2.30. The van der Waals surface area contributed by atoms with E-state index in [0.29, 0.717) is 6.54 Å². The largest absolute Gasteiger partial charge is 0.290 e. The summed E-state index contributed by atoms with van der Waals surface area (Å²) >= 11 is 6.14. The quantitative estimate of drug-likeness (QED) is 0.412. The summed E-state index contributed by atoms with van der Waals surface area (Å²) in [4.78, 5) is 9.40. The molecule has 6 heteroatoms. The topological polar surface area (TPSA) is 53.8 Å². The van der Waals surface area contributed by atoms with Crippen LogP contribution in [-0.4, -0.2) is 42.5 Å². The first-order valence-corrected chi connectivity index (χ1v) is 11.5. The van der Waals surface area contributed by atoms with E-state index in [-0.39, 0.29) is 6.04 Å². The van der Waals surface area contributed by atoms with Gasteiger partial charge in [0.05, 0.1) is 12.6 Å². The summed E-state index contributed by atoms with van der Waals surface area (Å²) < 4.78 is 0. The summed E-state index contributed by atoms with van der Waals surface area (Å²) in [6, 6.07) is 27.3. The van der Waals surface area contributed by atoms with E-state index in [1.165, 1.54) is 11.1 Å². The zero-order valence-electron chi connectivity index (χ0n) is 18.6. The van der Waals surface area contributed by atoms with Gasteiger partial charge in [0, 0.05) is 43.3 Å². The molecule has 1 atom stereocenters. The first kappa shape index (κ1) is 23.5. The van der Waals surface area contributed by atoms with Crippen LogP contribution in [0.2, 0.25) is 5.02 Å². The van der Waals surface area contributed by atoms with E-state index in [0.717, 1.165) is 48.9 Å². The second kappa shape index (κ2) is 12.0. The van der Waals surface area contributed by atoms with Crippen LogP contribution in [0.1, 0.15) is 28.3 Å². The number of nitrogens with zero attached hydrogens (tertiary/aromatic N) is 2. The lowest BCUT2D eigenvalue weighted by molar-refractivity contribution is 0.0362. The Kier molecular flexibility index (Phi) is 8.51. The van der Waals surface area contributed by atoms with Crippen LogP contribution in [0.3, 0.4) is 0 Å². The predicted molar refractivity (Wildman–Crippen MR) is 133 cm³/mol. The van der Waals surface area contributed by atoms with E-state index in [2.05, 4.69) is 74.5 Å². The van der Waals surface area contributed by atoms with Crippen LogP contribution in [0.15, 0.2) is 78.9 Å². The number of hydroxylamine groups is 1. The standard InChI is InChI=1S/C27H29ClN4O/c28-26-13-11-25(12-14-26)27(24-9-2-1-3-10-24)32-18-16-31(17-19-32)15-5-8-22-6-4-7-23(20-22)21-30-33-29/h1-4,6-7,9-14,20,27,30H,15-19,21,29H2/t27-/m1/s1. The molecule has 1 fully saturated rings.